The zero-order valence-electron chi connectivity index (χ0n) is 15.6. The zero-order chi connectivity index (χ0) is 18.5. The number of carbonyl (C=O) groups excluding carboxylic acids is 1. The van der Waals surface area contributed by atoms with Crippen LogP contribution >= 0.6 is 0 Å². The molecule has 1 saturated heterocycles. The van der Waals surface area contributed by atoms with Gasteiger partial charge in [-0.25, -0.2) is 0 Å². The summed E-state index contributed by atoms with van der Waals surface area (Å²) in [5.74, 6) is 1.00. The van der Waals surface area contributed by atoms with Crippen molar-refractivity contribution in [3.63, 3.8) is 0 Å². The van der Waals surface area contributed by atoms with Crippen LogP contribution in [0.25, 0.3) is 0 Å². The number of rotatable bonds is 6. The molecule has 5 nitrogen and oxygen atoms in total. The Labute approximate surface area is 160 Å². The normalized spacial score (nSPS) is 16.6. The molecule has 2 aliphatic rings. The van der Waals surface area contributed by atoms with E-state index >= 15 is 0 Å². The van der Waals surface area contributed by atoms with Crippen LogP contribution in [0.3, 0.4) is 0 Å². The molecule has 4 rings (SSSR count). The number of morpholine rings is 1. The van der Waals surface area contributed by atoms with Crippen molar-refractivity contribution in [1.29, 1.82) is 0 Å². The Morgan fingerprint density at radius 1 is 1.00 bits per heavy atom. The van der Waals surface area contributed by atoms with Crippen molar-refractivity contribution in [3.05, 3.63) is 64.7 Å². The van der Waals surface area contributed by atoms with Crippen LogP contribution in [-0.4, -0.2) is 43.7 Å². The predicted molar refractivity (Wildman–Crippen MR) is 104 cm³/mol. The number of nitrogens with zero attached hydrogens (tertiary/aromatic N) is 1. The summed E-state index contributed by atoms with van der Waals surface area (Å²) in [4.78, 5) is 14.7. The Kier molecular flexibility index (Phi) is 5.70. The van der Waals surface area contributed by atoms with E-state index in [-0.39, 0.29) is 5.91 Å². The van der Waals surface area contributed by atoms with Crippen LogP contribution in [0, 0.1) is 0 Å². The first-order valence-corrected chi connectivity index (χ1v) is 9.65. The second-order valence-electron chi connectivity index (χ2n) is 7.20. The molecule has 1 N–H and O–H groups in total. The van der Waals surface area contributed by atoms with Gasteiger partial charge in [0.15, 0.2) is 0 Å². The van der Waals surface area contributed by atoms with E-state index in [1.807, 2.05) is 12.1 Å². The van der Waals surface area contributed by atoms with Crippen molar-refractivity contribution in [1.82, 2.24) is 10.2 Å². The van der Waals surface area contributed by atoms with Crippen LogP contribution in [-0.2, 0) is 35.5 Å². The Hall–Kier alpha value is -2.37. The van der Waals surface area contributed by atoms with Crippen molar-refractivity contribution in [3.8, 4) is 5.75 Å². The Morgan fingerprint density at radius 3 is 2.74 bits per heavy atom. The first kappa shape index (κ1) is 18.0. The van der Waals surface area contributed by atoms with Crippen LogP contribution in [0.4, 0.5) is 0 Å². The van der Waals surface area contributed by atoms with Gasteiger partial charge < -0.3 is 14.8 Å². The van der Waals surface area contributed by atoms with Gasteiger partial charge in [0.05, 0.1) is 26.2 Å². The highest BCUT2D eigenvalue weighted by molar-refractivity contribution is 5.78. The molecular formula is C22H26N2O3. The first-order chi connectivity index (χ1) is 13.3. The molecule has 2 aromatic carbocycles. The van der Waals surface area contributed by atoms with E-state index in [1.165, 1.54) is 11.1 Å². The van der Waals surface area contributed by atoms with Crippen molar-refractivity contribution in [2.75, 3.05) is 32.9 Å². The molecule has 0 radical (unpaired) electrons. The maximum Gasteiger partial charge on any atom is 0.224 e. The molecule has 142 valence electrons. The topological polar surface area (TPSA) is 50.8 Å². The summed E-state index contributed by atoms with van der Waals surface area (Å²) < 4.78 is 10.9. The van der Waals surface area contributed by atoms with Gasteiger partial charge >= 0.3 is 0 Å². The molecule has 0 aliphatic carbocycles. The van der Waals surface area contributed by atoms with E-state index in [0.29, 0.717) is 13.0 Å². The molecular weight excluding hydrogens is 340 g/mol. The lowest BCUT2D eigenvalue weighted by atomic mass is 10.1. The average molecular weight is 366 g/mol. The van der Waals surface area contributed by atoms with Crippen molar-refractivity contribution < 1.29 is 14.3 Å². The minimum atomic E-state index is 0.0486. The van der Waals surface area contributed by atoms with Crippen molar-refractivity contribution in [2.24, 2.45) is 0 Å². The summed E-state index contributed by atoms with van der Waals surface area (Å²) in [5, 5.41) is 3.04. The summed E-state index contributed by atoms with van der Waals surface area (Å²) in [6, 6.07) is 14.5. The highest BCUT2D eigenvalue weighted by Gasteiger charge is 2.14. The molecule has 0 unspecified atom stereocenters. The molecule has 5 heteroatoms. The maximum absolute atomic E-state index is 12.3. The van der Waals surface area contributed by atoms with E-state index in [0.717, 1.165) is 62.8 Å². The van der Waals surface area contributed by atoms with Crippen LogP contribution < -0.4 is 10.1 Å². The summed E-state index contributed by atoms with van der Waals surface area (Å²) in [6.07, 6.45) is 1.33. The molecule has 1 fully saturated rings. The largest absolute Gasteiger partial charge is 0.493 e. The van der Waals surface area contributed by atoms with Crippen molar-refractivity contribution >= 4 is 5.91 Å². The summed E-state index contributed by atoms with van der Waals surface area (Å²) in [6.45, 7) is 5.81. The van der Waals surface area contributed by atoms with Gasteiger partial charge in [0.2, 0.25) is 5.91 Å². The molecule has 0 bridgehead atoms. The van der Waals surface area contributed by atoms with Gasteiger partial charge in [-0.1, -0.05) is 36.4 Å². The molecule has 0 atom stereocenters. The minimum Gasteiger partial charge on any atom is -0.493 e. The van der Waals surface area contributed by atoms with Gasteiger partial charge in [-0.05, 0) is 28.3 Å². The van der Waals surface area contributed by atoms with Gasteiger partial charge in [-0.3, -0.25) is 9.69 Å². The van der Waals surface area contributed by atoms with Crippen LogP contribution in [0.2, 0.25) is 0 Å². The monoisotopic (exact) mass is 366 g/mol. The fourth-order valence-electron chi connectivity index (χ4n) is 3.65. The van der Waals surface area contributed by atoms with E-state index in [2.05, 4.69) is 40.5 Å². The molecule has 2 aliphatic heterocycles. The Morgan fingerprint density at radius 2 is 1.85 bits per heavy atom. The number of carbonyl (C=O) groups is 1. The lowest BCUT2D eigenvalue weighted by molar-refractivity contribution is -0.120. The number of ether oxygens (including phenoxy) is 2. The fourth-order valence-corrected chi connectivity index (χ4v) is 3.65. The third-order valence-electron chi connectivity index (χ3n) is 5.11. The van der Waals surface area contributed by atoms with Gasteiger partial charge in [0, 0.05) is 32.6 Å². The minimum absolute atomic E-state index is 0.0486. The second-order valence-corrected chi connectivity index (χ2v) is 7.20. The average Bonchev–Trinajstić information content (AvgIpc) is 3.15. The second kappa shape index (κ2) is 8.55. The lowest BCUT2D eigenvalue weighted by Gasteiger charge is -2.26. The molecule has 1 amide bonds. The number of nitrogens with one attached hydrogen (secondary N) is 1. The number of amides is 1. The third kappa shape index (κ3) is 4.87. The van der Waals surface area contributed by atoms with Gasteiger partial charge in [0.1, 0.15) is 5.75 Å². The van der Waals surface area contributed by atoms with Crippen LogP contribution in [0.5, 0.6) is 5.75 Å². The highest BCUT2D eigenvalue weighted by atomic mass is 16.5. The predicted octanol–water partition coefficient (Wildman–Crippen LogP) is 2.31. The van der Waals surface area contributed by atoms with E-state index in [9.17, 15) is 4.79 Å². The highest BCUT2D eigenvalue weighted by Crippen LogP contribution is 2.26. The molecule has 2 heterocycles. The number of hydrogen-bond acceptors (Lipinski definition) is 4. The summed E-state index contributed by atoms with van der Waals surface area (Å²) in [7, 11) is 0. The van der Waals surface area contributed by atoms with Crippen LogP contribution in [0.1, 0.15) is 22.3 Å². The molecule has 2 aromatic rings. The SMILES string of the molecule is O=C(Cc1ccc2c(c1)CCO2)NCc1cccc(CN2CCOCC2)c1. The van der Waals surface area contributed by atoms with E-state index in [1.54, 1.807) is 0 Å². The van der Waals surface area contributed by atoms with Crippen molar-refractivity contribution in [2.45, 2.75) is 25.9 Å². The smallest absolute Gasteiger partial charge is 0.224 e. The summed E-state index contributed by atoms with van der Waals surface area (Å²) >= 11 is 0. The standard InChI is InChI=1S/C22H26N2O3/c25-22(14-17-4-5-21-20(13-17)6-9-27-21)23-15-18-2-1-3-19(12-18)16-24-7-10-26-11-8-24/h1-5,12-13H,6-11,14-16H2,(H,23,25). The maximum atomic E-state index is 12.3. The molecule has 27 heavy (non-hydrogen) atoms. The van der Waals surface area contributed by atoms with Crippen LogP contribution in [0.15, 0.2) is 42.5 Å². The number of hydrogen-bond donors (Lipinski definition) is 1. The Bertz CT molecular complexity index is 800. The Balaban J connectivity index is 1.29. The fraction of sp³-hybridized carbons (Fsp3) is 0.409. The van der Waals surface area contributed by atoms with Gasteiger partial charge in [-0.2, -0.15) is 0 Å². The van der Waals surface area contributed by atoms with Gasteiger partial charge in [0.25, 0.3) is 0 Å². The quantitative estimate of drug-likeness (QED) is 0.852. The summed E-state index contributed by atoms with van der Waals surface area (Å²) in [5.41, 5.74) is 4.66. The molecule has 0 spiro atoms. The first-order valence-electron chi connectivity index (χ1n) is 9.65. The number of fused-ring (bicyclic) bond motifs is 1. The van der Waals surface area contributed by atoms with E-state index in [4.69, 9.17) is 9.47 Å². The zero-order valence-corrected chi connectivity index (χ0v) is 15.6. The third-order valence-corrected chi connectivity index (χ3v) is 5.11. The van der Waals surface area contributed by atoms with Gasteiger partial charge in [-0.15, -0.1) is 0 Å². The lowest BCUT2D eigenvalue weighted by Crippen LogP contribution is -2.35. The van der Waals surface area contributed by atoms with E-state index < -0.39 is 0 Å². The number of benzene rings is 2. The molecule has 0 aromatic heterocycles. The molecule has 0 saturated carbocycles.